The number of likely N-dealkylation sites (N-methyl/N-ethyl adjacent to an activating group) is 1. The van der Waals surface area contributed by atoms with Crippen LogP contribution in [0.1, 0.15) is 12.5 Å². The summed E-state index contributed by atoms with van der Waals surface area (Å²) >= 11 is 0. The molecule has 0 spiro atoms. The maximum absolute atomic E-state index is 13.0. The van der Waals surface area contributed by atoms with E-state index < -0.39 is 0 Å². The van der Waals surface area contributed by atoms with Gasteiger partial charge in [0.1, 0.15) is 5.82 Å². The van der Waals surface area contributed by atoms with Gasteiger partial charge in [-0.15, -0.1) is 0 Å². The molecule has 0 aliphatic carbocycles. The van der Waals surface area contributed by atoms with Gasteiger partial charge in [-0.25, -0.2) is 4.39 Å². The second-order valence-electron chi connectivity index (χ2n) is 7.50. The third-order valence-corrected chi connectivity index (χ3v) is 5.27. The van der Waals surface area contributed by atoms with Gasteiger partial charge in [0.05, 0.1) is 13.1 Å². The Morgan fingerprint density at radius 3 is 2.13 bits per heavy atom. The highest BCUT2D eigenvalue weighted by Crippen LogP contribution is 2.10. The number of anilines is 1. The number of carbonyl (C=O) groups is 2. The number of carbonyl (C=O) groups excluding carboxylic acids is 2. The van der Waals surface area contributed by atoms with Gasteiger partial charge in [0, 0.05) is 45.0 Å². The molecule has 1 aliphatic rings. The average Bonchev–Trinajstić information content (AvgIpc) is 2.75. The monoisotopic (exact) mass is 412 g/mol. The zero-order valence-corrected chi connectivity index (χ0v) is 17.4. The maximum atomic E-state index is 13.0. The van der Waals surface area contributed by atoms with E-state index in [2.05, 4.69) is 15.1 Å². The number of hydrogen-bond acceptors (Lipinski definition) is 4. The molecule has 0 saturated carbocycles. The number of halogens is 1. The van der Waals surface area contributed by atoms with Crippen LogP contribution in [0.3, 0.4) is 0 Å². The van der Waals surface area contributed by atoms with E-state index in [1.54, 1.807) is 12.1 Å². The molecule has 1 N–H and O–H groups in total. The van der Waals surface area contributed by atoms with Crippen LogP contribution in [0.2, 0.25) is 0 Å². The van der Waals surface area contributed by atoms with E-state index in [1.165, 1.54) is 12.1 Å². The molecule has 1 heterocycles. The van der Waals surface area contributed by atoms with Crippen molar-refractivity contribution in [3.05, 3.63) is 66.0 Å². The van der Waals surface area contributed by atoms with Crippen molar-refractivity contribution in [2.75, 3.05) is 51.1 Å². The largest absolute Gasteiger partial charge is 0.338 e. The molecule has 0 bridgehead atoms. The second kappa shape index (κ2) is 10.8. The van der Waals surface area contributed by atoms with E-state index in [9.17, 15) is 14.0 Å². The molecule has 0 unspecified atom stereocenters. The zero-order valence-electron chi connectivity index (χ0n) is 17.4. The lowest BCUT2D eigenvalue weighted by molar-refractivity contribution is -0.133. The Morgan fingerprint density at radius 2 is 1.53 bits per heavy atom. The van der Waals surface area contributed by atoms with Crippen LogP contribution in [0.25, 0.3) is 0 Å². The number of benzene rings is 2. The van der Waals surface area contributed by atoms with E-state index in [1.807, 2.05) is 42.2 Å². The van der Waals surface area contributed by atoms with Gasteiger partial charge >= 0.3 is 0 Å². The number of piperazine rings is 1. The van der Waals surface area contributed by atoms with Gasteiger partial charge in [0.15, 0.2) is 0 Å². The van der Waals surface area contributed by atoms with Crippen molar-refractivity contribution in [2.24, 2.45) is 0 Å². The number of hydrogen-bond donors (Lipinski definition) is 1. The molecular formula is C23H29FN4O2. The normalized spacial score (nSPS) is 15.0. The van der Waals surface area contributed by atoms with Crippen LogP contribution in [0, 0.1) is 5.82 Å². The van der Waals surface area contributed by atoms with Crippen LogP contribution in [-0.2, 0) is 16.1 Å². The number of amides is 2. The summed E-state index contributed by atoms with van der Waals surface area (Å²) in [7, 11) is 0. The summed E-state index contributed by atoms with van der Waals surface area (Å²) in [6.07, 6.45) is 0. The van der Waals surface area contributed by atoms with E-state index in [4.69, 9.17) is 0 Å². The Kier molecular flexibility index (Phi) is 7.93. The Balaban J connectivity index is 1.40. The van der Waals surface area contributed by atoms with Gasteiger partial charge in [-0.1, -0.05) is 30.3 Å². The minimum Gasteiger partial charge on any atom is -0.338 e. The van der Waals surface area contributed by atoms with Gasteiger partial charge < -0.3 is 10.2 Å². The molecular weight excluding hydrogens is 383 g/mol. The highest BCUT2D eigenvalue weighted by atomic mass is 19.1. The van der Waals surface area contributed by atoms with Gasteiger partial charge in [-0.3, -0.25) is 19.4 Å². The highest BCUT2D eigenvalue weighted by Gasteiger charge is 2.22. The van der Waals surface area contributed by atoms with Crippen molar-refractivity contribution in [3.63, 3.8) is 0 Å². The summed E-state index contributed by atoms with van der Waals surface area (Å²) in [5.41, 5.74) is 1.72. The molecule has 0 atom stereocenters. The maximum Gasteiger partial charge on any atom is 0.238 e. The smallest absolute Gasteiger partial charge is 0.238 e. The quantitative estimate of drug-likeness (QED) is 0.724. The molecule has 7 heteroatoms. The molecule has 2 aromatic rings. The molecule has 6 nitrogen and oxygen atoms in total. The molecule has 2 amide bonds. The van der Waals surface area contributed by atoms with E-state index >= 15 is 0 Å². The van der Waals surface area contributed by atoms with Crippen LogP contribution in [0.4, 0.5) is 10.1 Å². The summed E-state index contributed by atoms with van der Waals surface area (Å²) in [5.74, 6) is -0.320. The summed E-state index contributed by atoms with van der Waals surface area (Å²) < 4.78 is 13.0. The van der Waals surface area contributed by atoms with Crippen molar-refractivity contribution in [2.45, 2.75) is 13.5 Å². The van der Waals surface area contributed by atoms with Crippen molar-refractivity contribution >= 4 is 17.5 Å². The Labute approximate surface area is 177 Å². The Hall–Kier alpha value is -2.77. The molecule has 3 rings (SSSR count). The molecule has 30 heavy (non-hydrogen) atoms. The van der Waals surface area contributed by atoms with E-state index in [-0.39, 0.29) is 24.2 Å². The van der Waals surface area contributed by atoms with E-state index in [0.29, 0.717) is 25.3 Å². The number of rotatable bonds is 8. The molecule has 2 aromatic carbocycles. The summed E-state index contributed by atoms with van der Waals surface area (Å²) in [6, 6.07) is 15.7. The molecule has 160 valence electrons. The lowest BCUT2D eigenvalue weighted by Gasteiger charge is -2.35. The Morgan fingerprint density at radius 1 is 0.933 bits per heavy atom. The third kappa shape index (κ3) is 6.64. The summed E-state index contributed by atoms with van der Waals surface area (Å²) in [5, 5.41) is 2.78. The van der Waals surface area contributed by atoms with Gasteiger partial charge in [-0.2, -0.15) is 0 Å². The summed E-state index contributed by atoms with van der Waals surface area (Å²) in [4.78, 5) is 31.0. The van der Waals surface area contributed by atoms with Gasteiger partial charge in [0.25, 0.3) is 0 Å². The number of nitrogens with one attached hydrogen (secondary N) is 1. The fourth-order valence-corrected chi connectivity index (χ4v) is 3.51. The third-order valence-electron chi connectivity index (χ3n) is 5.27. The van der Waals surface area contributed by atoms with Crippen LogP contribution < -0.4 is 5.32 Å². The molecule has 0 aromatic heterocycles. The number of nitrogens with zero attached hydrogens (tertiary/aromatic N) is 3. The first kappa shape index (κ1) is 21.9. The molecule has 1 aliphatic heterocycles. The van der Waals surface area contributed by atoms with Crippen molar-refractivity contribution in [1.29, 1.82) is 0 Å². The minimum atomic E-state index is -0.330. The van der Waals surface area contributed by atoms with Crippen molar-refractivity contribution < 1.29 is 14.0 Å². The van der Waals surface area contributed by atoms with Crippen LogP contribution in [0.15, 0.2) is 54.6 Å². The van der Waals surface area contributed by atoms with Gasteiger partial charge in [0.2, 0.25) is 11.8 Å². The fraction of sp³-hybridized carbons (Fsp3) is 0.391. The van der Waals surface area contributed by atoms with E-state index in [0.717, 1.165) is 31.7 Å². The second-order valence-corrected chi connectivity index (χ2v) is 7.50. The molecule has 0 radical (unpaired) electrons. The first-order chi connectivity index (χ1) is 14.5. The van der Waals surface area contributed by atoms with Crippen LogP contribution >= 0.6 is 0 Å². The zero-order chi connectivity index (χ0) is 21.3. The predicted molar refractivity (Wildman–Crippen MR) is 115 cm³/mol. The van der Waals surface area contributed by atoms with Gasteiger partial charge in [-0.05, 0) is 36.8 Å². The standard InChI is InChI=1S/C23H29FN4O2/c1-2-28(16-19-6-4-3-5-7-19)23(30)18-27-14-12-26(13-15-27)17-22(29)25-21-10-8-20(24)9-11-21/h3-11H,2,12-18H2,1H3,(H,25,29). The SMILES string of the molecule is CCN(Cc1ccccc1)C(=O)CN1CCN(CC(=O)Nc2ccc(F)cc2)CC1. The first-order valence-electron chi connectivity index (χ1n) is 10.4. The lowest BCUT2D eigenvalue weighted by Crippen LogP contribution is -2.51. The first-order valence-corrected chi connectivity index (χ1v) is 10.4. The molecule has 1 fully saturated rings. The molecule has 1 saturated heterocycles. The van der Waals surface area contributed by atoms with Crippen LogP contribution in [0.5, 0.6) is 0 Å². The van der Waals surface area contributed by atoms with Crippen molar-refractivity contribution in [1.82, 2.24) is 14.7 Å². The lowest BCUT2D eigenvalue weighted by atomic mass is 10.2. The minimum absolute atomic E-state index is 0.119. The Bertz CT molecular complexity index is 821. The topological polar surface area (TPSA) is 55.9 Å². The van der Waals surface area contributed by atoms with Crippen molar-refractivity contribution in [3.8, 4) is 0 Å². The fourth-order valence-electron chi connectivity index (χ4n) is 3.51. The summed E-state index contributed by atoms with van der Waals surface area (Å²) in [6.45, 7) is 6.95. The average molecular weight is 413 g/mol. The highest BCUT2D eigenvalue weighted by molar-refractivity contribution is 5.92. The van der Waals surface area contributed by atoms with Crippen LogP contribution in [-0.4, -0.2) is 72.3 Å². The predicted octanol–water partition coefficient (Wildman–Crippen LogP) is 2.43.